The molecule has 282 valence electrons. The molecular formula is C43H72N4O3. The highest BCUT2D eigenvalue weighted by molar-refractivity contribution is 6.04. The Hall–Kier alpha value is -3.74. The molecule has 0 unspecified atom stereocenters. The third-order valence-corrected chi connectivity index (χ3v) is 6.66. The number of Topliss-reactive ketones (excluding diaryl/α,β-unsaturated/α-hetero) is 1. The number of unbranched alkanes of at least 4 members (excludes halogenated alkanes) is 6. The summed E-state index contributed by atoms with van der Waals surface area (Å²) in [7, 11) is 0. The van der Waals surface area contributed by atoms with Crippen LogP contribution in [0.3, 0.4) is 0 Å². The van der Waals surface area contributed by atoms with Crippen molar-refractivity contribution in [3.8, 4) is 11.4 Å². The van der Waals surface area contributed by atoms with Crippen LogP contribution in [0.1, 0.15) is 162 Å². The van der Waals surface area contributed by atoms with Crippen molar-refractivity contribution in [1.29, 1.82) is 0 Å². The molecule has 0 saturated carbocycles. The van der Waals surface area contributed by atoms with Gasteiger partial charge >= 0.3 is 0 Å². The predicted octanol–water partition coefficient (Wildman–Crippen LogP) is 12.7. The topological polar surface area (TPSA) is 101 Å². The van der Waals surface area contributed by atoms with Gasteiger partial charge in [0.15, 0.2) is 5.65 Å². The summed E-state index contributed by atoms with van der Waals surface area (Å²) in [6.45, 7) is 25.7. The minimum absolute atomic E-state index is 0.146. The summed E-state index contributed by atoms with van der Waals surface area (Å²) in [6.07, 6.45) is 18.5. The Bertz CT molecular complexity index is 1320. The first-order valence-electron chi connectivity index (χ1n) is 19.2. The molecule has 0 aliphatic rings. The van der Waals surface area contributed by atoms with Crippen molar-refractivity contribution in [2.45, 2.75) is 154 Å². The number of pyridine rings is 1. The van der Waals surface area contributed by atoms with Crippen LogP contribution in [0.25, 0.3) is 22.6 Å². The molecule has 4 aromatic rings. The van der Waals surface area contributed by atoms with Crippen LogP contribution >= 0.6 is 0 Å². The van der Waals surface area contributed by atoms with Crippen molar-refractivity contribution in [2.24, 2.45) is 5.92 Å². The van der Waals surface area contributed by atoms with E-state index >= 15 is 0 Å². The van der Waals surface area contributed by atoms with E-state index in [0.717, 1.165) is 17.9 Å². The Morgan fingerprint density at radius 1 is 0.820 bits per heavy atom. The van der Waals surface area contributed by atoms with Crippen LogP contribution in [0, 0.1) is 12.8 Å². The van der Waals surface area contributed by atoms with E-state index in [0.29, 0.717) is 35.5 Å². The van der Waals surface area contributed by atoms with Crippen molar-refractivity contribution >= 4 is 22.9 Å². The second-order valence-corrected chi connectivity index (χ2v) is 13.1. The van der Waals surface area contributed by atoms with E-state index in [2.05, 4.69) is 114 Å². The Balaban J connectivity index is 0. The summed E-state index contributed by atoms with van der Waals surface area (Å²) in [4.78, 5) is 34.2. The summed E-state index contributed by atoms with van der Waals surface area (Å²) in [6, 6.07) is 11.8. The van der Waals surface area contributed by atoms with Gasteiger partial charge in [-0.25, -0.2) is 9.97 Å². The lowest BCUT2D eigenvalue weighted by atomic mass is 10.1. The number of fused-ring (bicyclic) bond motifs is 1. The zero-order valence-corrected chi connectivity index (χ0v) is 33.9. The number of benzene rings is 1. The lowest BCUT2D eigenvalue weighted by molar-refractivity contribution is -0.116. The fraction of sp³-hybridized carbons (Fsp3) is 0.581. The molecule has 1 aromatic carbocycles. The molecule has 0 aliphatic carbocycles. The van der Waals surface area contributed by atoms with Crippen LogP contribution in [0.4, 0.5) is 0 Å². The van der Waals surface area contributed by atoms with Crippen LogP contribution in [-0.4, -0.2) is 33.2 Å². The smallest absolute Gasteiger partial charge is 0.253 e. The van der Waals surface area contributed by atoms with Gasteiger partial charge in [-0.05, 0) is 43.9 Å². The van der Waals surface area contributed by atoms with Crippen molar-refractivity contribution in [3.05, 3.63) is 71.8 Å². The van der Waals surface area contributed by atoms with Crippen molar-refractivity contribution in [3.63, 3.8) is 0 Å². The standard InChI is InChI=1S/C20H18N4O2.2C6H14.C4H8O.C4H10.C3H8/c1-13-2-4-14(5-3-13)6-9-22-20(25)16-7-10-21-19-17(16)23-18(24-19)15-8-11-26-12-15;2*1-3-5-6-4-2;1-3-4(2)5;1-4(2)3;1-3-2/h2-5,7-8,10-12H,6,9H2,1H3,(H,22,25)(H,21,23,24);2*3-6H2,1-2H3;3H2,1-2H3;4H,1-3H3;3H2,1-2H3. The van der Waals surface area contributed by atoms with E-state index in [1.54, 1.807) is 37.8 Å². The number of carbonyl (C=O) groups excluding carboxylic acids is 2. The van der Waals surface area contributed by atoms with Crippen LogP contribution in [0.2, 0.25) is 0 Å². The van der Waals surface area contributed by atoms with Crippen molar-refractivity contribution in [1.82, 2.24) is 20.3 Å². The Labute approximate surface area is 305 Å². The van der Waals surface area contributed by atoms with E-state index in [1.165, 1.54) is 68.9 Å². The van der Waals surface area contributed by atoms with E-state index in [1.807, 2.05) is 6.92 Å². The fourth-order valence-electron chi connectivity index (χ4n) is 3.81. The molecule has 1 amide bonds. The zero-order valence-electron chi connectivity index (χ0n) is 33.9. The van der Waals surface area contributed by atoms with Gasteiger partial charge in [-0.2, -0.15) is 0 Å². The van der Waals surface area contributed by atoms with Gasteiger partial charge in [0.2, 0.25) is 0 Å². The SMILES string of the molecule is CC(C)C.CCC.CCC(C)=O.CCCCCC.CCCCCC.Cc1ccc(CCNC(=O)c2ccnc3nc(-c4ccoc4)[nH]c23)cc1. The van der Waals surface area contributed by atoms with Gasteiger partial charge in [0.1, 0.15) is 17.9 Å². The van der Waals surface area contributed by atoms with E-state index in [4.69, 9.17) is 4.42 Å². The van der Waals surface area contributed by atoms with Gasteiger partial charge in [-0.1, -0.05) is 157 Å². The second-order valence-electron chi connectivity index (χ2n) is 13.1. The van der Waals surface area contributed by atoms with Crippen LogP contribution in [0.15, 0.2) is 59.5 Å². The summed E-state index contributed by atoms with van der Waals surface area (Å²) in [5.41, 5.74) is 4.89. The minimum atomic E-state index is -0.146. The largest absolute Gasteiger partial charge is 0.472 e. The molecule has 0 fully saturated rings. The fourth-order valence-corrected chi connectivity index (χ4v) is 3.81. The number of aromatic nitrogens is 3. The molecule has 0 saturated heterocycles. The van der Waals surface area contributed by atoms with Crippen molar-refractivity contribution in [2.75, 3.05) is 6.54 Å². The zero-order chi connectivity index (χ0) is 38.2. The third kappa shape index (κ3) is 25.3. The van der Waals surface area contributed by atoms with Gasteiger partial charge in [-0.15, -0.1) is 0 Å². The van der Waals surface area contributed by atoms with Crippen LogP contribution < -0.4 is 5.32 Å². The number of ketones is 1. The third-order valence-electron chi connectivity index (χ3n) is 6.66. The molecule has 0 radical (unpaired) electrons. The maximum atomic E-state index is 12.6. The molecule has 2 N–H and O–H groups in total. The minimum Gasteiger partial charge on any atom is -0.472 e. The number of carbonyl (C=O) groups is 2. The molecule has 3 heterocycles. The first kappa shape index (κ1) is 48.4. The van der Waals surface area contributed by atoms with E-state index < -0.39 is 0 Å². The maximum Gasteiger partial charge on any atom is 0.253 e. The van der Waals surface area contributed by atoms with E-state index in [9.17, 15) is 9.59 Å². The number of furan rings is 1. The average molecular weight is 693 g/mol. The highest BCUT2D eigenvalue weighted by Crippen LogP contribution is 2.21. The molecule has 0 atom stereocenters. The summed E-state index contributed by atoms with van der Waals surface area (Å²) in [5.74, 6) is 1.57. The quantitative estimate of drug-likeness (QED) is 0.144. The highest BCUT2D eigenvalue weighted by atomic mass is 16.3. The number of rotatable bonds is 12. The number of imidazole rings is 1. The molecule has 50 heavy (non-hydrogen) atoms. The van der Waals surface area contributed by atoms with Gasteiger partial charge in [0, 0.05) is 19.2 Å². The monoisotopic (exact) mass is 693 g/mol. The Morgan fingerprint density at radius 3 is 1.74 bits per heavy atom. The Kier molecular flexibility index (Phi) is 31.4. The van der Waals surface area contributed by atoms with Gasteiger partial charge in [0.05, 0.1) is 22.9 Å². The molecule has 4 rings (SSSR count). The lowest BCUT2D eigenvalue weighted by Crippen LogP contribution is -2.26. The predicted molar refractivity (Wildman–Crippen MR) is 216 cm³/mol. The van der Waals surface area contributed by atoms with E-state index in [-0.39, 0.29) is 11.7 Å². The van der Waals surface area contributed by atoms with Gasteiger partial charge in [0.25, 0.3) is 5.91 Å². The summed E-state index contributed by atoms with van der Waals surface area (Å²) in [5, 5.41) is 2.97. The van der Waals surface area contributed by atoms with Crippen molar-refractivity contribution < 1.29 is 14.0 Å². The molecule has 0 aliphatic heterocycles. The molecule has 7 heteroatoms. The number of hydrogen-bond acceptors (Lipinski definition) is 5. The van der Waals surface area contributed by atoms with Gasteiger partial charge < -0.3 is 19.5 Å². The first-order chi connectivity index (χ1) is 23.9. The number of aromatic amines is 1. The molecule has 3 aromatic heterocycles. The molecular weight excluding hydrogens is 620 g/mol. The summed E-state index contributed by atoms with van der Waals surface area (Å²) < 4.78 is 5.09. The average Bonchev–Trinajstić information content (AvgIpc) is 3.79. The molecule has 0 spiro atoms. The maximum absolute atomic E-state index is 12.6. The second kappa shape index (κ2) is 32.5. The number of nitrogens with zero attached hydrogens (tertiary/aromatic N) is 2. The lowest BCUT2D eigenvalue weighted by Gasteiger charge is -2.06. The van der Waals surface area contributed by atoms with Crippen LogP contribution in [0.5, 0.6) is 0 Å². The summed E-state index contributed by atoms with van der Waals surface area (Å²) >= 11 is 0. The highest BCUT2D eigenvalue weighted by Gasteiger charge is 2.15. The number of nitrogens with one attached hydrogen (secondary N) is 2. The molecule has 0 bridgehead atoms. The Morgan fingerprint density at radius 2 is 1.32 bits per heavy atom. The number of amides is 1. The number of aryl methyl sites for hydroxylation is 1. The first-order valence-corrected chi connectivity index (χ1v) is 19.2. The molecule has 7 nitrogen and oxygen atoms in total. The normalized spacial score (nSPS) is 9.70. The number of H-pyrrole nitrogens is 1. The van der Waals surface area contributed by atoms with Crippen LogP contribution in [-0.2, 0) is 11.2 Å². The number of hydrogen-bond donors (Lipinski definition) is 2. The van der Waals surface area contributed by atoms with Gasteiger partial charge in [-0.3, -0.25) is 4.79 Å².